The first kappa shape index (κ1) is 13.0. The highest BCUT2D eigenvalue weighted by atomic mass is 32.2. The molecule has 2 N–H and O–H groups in total. The minimum atomic E-state index is -1.02. The largest absolute Gasteiger partial charge is 0.481 e. The summed E-state index contributed by atoms with van der Waals surface area (Å²) < 4.78 is 1.35. The van der Waals surface area contributed by atoms with Crippen LogP contribution in [-0.2, 0) is 4.79 Å². The van der Waals surface area contributed by atoms with Crippen LogP contribution in [0.5, 0.6) is 0 Å². The molecule has 0 amide bonds. The molecule has 8 nitrogen and oxygen atoms in total. The maximum atomic E-state index is 10.7. The van der Waals surface area contributed by atoms with Crippen LogP contribution < -0.4 is 0 Å². The summed E-state index contributed by atoms with van der Waals surface area (Å²) in [6, 6.07) is 5.94. The van der Waals surface area contributed by atoms with Gasteiger partial charge in [0.05, 0.1) is 17.0 Å². The second-order valence-corrected chi connectivity index (χ2v) is 4.35. The fraction of sp³-hybridized carbons (Fsp3) is 0.100. The zero-order valence-electron chi connectivity index (χ0n) is 9.42. The van der Waals surface area contributed by atoms with E-state index in [2.05, 4.69) is 15.5 Å². The van der Waals surface area contributed by atoms with E-state index in [1.165, 1.54) is 16.8 Å². The Bertz CT molecular complexity index is 610. The number of carboxylic acid groups (broad SMARTS) is 2. The molecule has 1 heterocycles. The molecular formula is C10H8N4O4S. The maximum Gasteiger partial charge on any atom is 0.335 e. The molecule has 0 radical (unpaired) electrons. The fourth-order valence-electron chi connectivity index (χ4n) is 1.30. The molecular weight excluding hydrogens is 272 g/mol. The second kappa shape index (κ2) is 5.48. The van der Waals surface area contributed by atoms with Gasteiger partial charge in [0.25, 0.3) is 0 Å². The molecule has 0 unspecified atom stereocenters. The van der Waals surface area contributed by atoms with Crippen LogP contribution in [0, 0.1) is 0 Å². The number of tetrazole rings is 1. The van der Waals surface area contributed by atoms with Crippen LogP contribution in [0.4, 0.5) is 0 Å². The Kier molecular flexibility index (Phi) is 3.76. The van der Waals surface area contributed by atoms with E-state index in [0.29, 0.717) is 10.8 Å². The molecule has 0 fully saturated rings. The molecule has 1 aromatic heterocycles. The number of carbonyl (C=O) groups is 2. The molecule has 19 heavy (non-hydrogen) atoms. The number of carboxylic acids is 2. The van der Waals surface area contributed by atoms with Crippen molar-refractivity contribution in [3.05, 3.63) is 29.8 Å². The monoisotopic (exact) mass is 280 g/mol. The van der Waals surface area contributed by atoms with Crippen LogP contribution in [0.25, 0.3) is 5.69 Å². The Balaban J connectivity index is 2.24. The Morgan fingerprint density at radius 2 is 1.89 bits per heavy atom. The van der Waals surface area contributed by atoms with Gasteiger partial charge < -0.3 is 10.2 Å². The number of thioether (sulfide) groups is 1. The molecule has 1 aromatic carbocycles. The summed E-state index contributed by atoms with van der Waals surface area (Å²) in [5, 5.41) is 28.6. The van der Waals surface area contributed by atoms with Gasteiger partial charge in [-0.1, -0.05) is 11.8 Å². The van der Waals surface area contributed by atoms with E-state index in [9.17, 15) is 9.59 Å². The van der Waals surface area contributed by atoms with Crippen molar-refractivity contribution in [2.75, 3.05) is 5.75 Å². The fourth-order valence-corrected chi connectivity index (χ4v) is 1.91. The van der Waals surface area contributed by atoms with E-state index in [1.807, 2.05) is 0 Å². The van der Waals surface area contributed by atoms with Crippen molar-refractivity contribution < 1.29 is 19.8 Å². The smallest absolute Gasteiger partial charge is 0.335 e. The Hall–Kier alpha value is -2.42. The van der Waals surface area contributed by atoms with Gasteiger partial charge in [-0.05, 0) is 34.7 Å². The van der Waals surface area contributed by atoms with Gasteiger partial charge in [-0.25, -0.2) is 4.79 Å². The van der Waals surface area contributed by atoms with Gasteiger partial charge in [-0.2, -0.15) is 4.68 Å². The summed E-state index contributed by atoms with van der Waals surface area (Å²) >= 11 is 0.978. The Morgan fingerprint density at radius 1 is 1.21 bits per heavy atom. The molecule has 2 rings (SSSR count). The summed E-state index contributed by atoms with van der Waals surface area (Å²) in [4.78, 5) is 21.2. The standard InChI is InChI=1S/C10H8N4O4S/c15-8(16)5-19-10-11-12-13-14(10)7-3-1-6(2-4-7)9(17)18/h1-4H,5H2,(H,15,16)(H,17,18). The second-order valence-electron chi connectivity index (χ2n) is 3.41. The van der Waals surface area contributed by atoms with Gasteiger partial charge >= 0.3 is 11.9 Å². The number of hydrogen-bond donors (Lipinski definition) is 2. The Morgan fingerprint density at radius 3 is 2.47 bits per heavy atom. The summed E-state index contributed by atoms with van der Waals surface area (Å²) in [5.41, 5.74) is 0.708. The molecule has 0 aliphatic rings. The lowest BCUT2D eigenvalue weighted by Gasteiger charge is -2.03. The van der Waals surface area contributed by atoms with Crippen LogP contribution in [0.1, 0.15) is 10.4 Å². The SMILES string of the molecule is O=C(O)CSc1nnnn1-c1ccc(C(=O)O)cc1. The lowest BCUT2D eigenvalue weighted by atomic mass is 10.2. The van der Waals surface area contributed by atoms with E-state index < -0.39 is 11.9 Å². The quantitative estimate of drug-likeness (QED) is 0.762. The average molecular weight is 280 g/mol. The van der Waals surface area contributed by atoms with Crippen molar-refractivity contribution in [2.24, 2.45) is 0 Å². The first-order valence-corrected chi connectivity index (χ1v) is 6.03. The molecule has 0 bridgehead atoms. The normalized spacial score (nSPS) is 10.3. The molecule has 0 saturated heterocycles. The number of hydrogen-bond acceptors (Lipinski definition) is 6. The lowest BCUT2D eigenvalue weighted by molar-refractivity contribution is -0.133. The number of aromatic carboxylic acids is 1. The van der Waals surface area contributed by atoms with Crippen molar-refractivity contribution in [1.82, 2.24) is 20.2 Å². The summed E-state index contributed by atoms with van der Waals surface area (Å²) in [5.74, 6) is -2.15. The minimum absolute atomic E-state index is 0.150. The number of rotatable bonds is 5. The number of aromatic nitrogens is 4. The summed E-state index contributed by atoms with van der Waals surface area (Å²) in [7, 11) is 0. The number of benzene rings is 1. The maximum absolute atomic E-state index is 10.7. The van der Waals surface area contributed by atoms with E-state index in [1.54, 1.807) is 12.1 Å². The third-order valence-corrected chi connectivity index (χ3v) is 3.03. The summed E-state index contributed by atoms with van der Waals surface area (Å²) in [6.07, 6.45) is 0. The highest BCUT2D eigenvalue weighted by molar-refractivity contribution is 7.99. The van der Waals surface area contributed by atoms with Crippen LogP contribution in [0.15, 0.2) is 29.4 Å². The van der Waals surface area contributed by atoms with Crippen molar-refractivity contribution >= 4 is 23.7 Å². The van der Waals surface area contributed by atoms with Gasteiger partial charge in [-0.3, -0.25) is 4.79 Å². The molecule has 0 spiro atoms. The van der Waals surface area contributed by atoms with Gasteiger partial charge in [0, 0.05) is 0 Å². The van der Waals surface area contributed by atoms with Gasteiger partial charge in [0.1, 0.15) is 0 Å². The third kappa shape index (κ3) is 3.07. The van der Waals surface area contributed by atoms with Gasteiger partial charge in [-0.15, -0.1) is 5.10 Å². The van der Waals surface area contributed by atoms with E-state index in [0.717, 1.165) is 11.8 Å². The molecule has 0 atom stereocenters. The molecule has 0 saturated carbocycles. The lowest BCUT2D eigenvalue weighted by Crippen LogP contribution is -2.03. The van der Waals surface area contributed by atoms with Crippen molar-refractivity contribution in [2.45, 2.75) is 5.16 Å². The predicted octanol–water partition coefficient (Wildman–Crippen LogP) is 0.537. The molecule has 0 aliphatic heterocycles. The van der Waals surface area contributed by atoms with E-state index >= 15 is 0 Å². The highest BCUT2D eigenvalue weighted by Gasteiger charge is 2.11. The van der Waals surface area contributed by atoms with Crippen LogP contribution >= 0.6 is 11.8 Å². The highest BCUT2D eigenvalue weighted by Crippen LogP contribution is 2.18. The minimum Gasteiger partial charge on any atom is -0.481 e. The molecule has 9 heteroatoms. The number of nitrogens with zero attached hydrogens (tertiary/aromatic N) is 4. The predicted molar refractivity (Wildman–Crippen MR) is 64.5 cm³/mol. The third-order valence-electron chi connectivity index (χ3n) is 2.12. The van der Waals surface area contributed by atoms with Crippen molar-refractivity contribution in [3.63, 3.8) is 0 Å². The van der Waals surface area contributed by atoms with Gasteiger partial charge in [0.2, 0.25) is 5.16 Å². The Labute approximate surface area is 111 Å². The van der Waals surface area contributed by atoms with E-state index in [4.69, 9.17) is 10.2 Å². The van der Waals surface area contributed by atoms with Crippen molar-refractivity contribution in [1.29, 1.82) is 0 Å². The first-order valence-electron chi connectivity index (χ1n) is 5.04. The van der Waals surface area contributed by atoms with Crippen LogP contribution in [0.3, 0.4) is 0 Å². The van der Waals surface area contributed by atoms with Crippen LogP contribution in [-0.4, -0.2) is 48.1 Å². The average Bonchev–Trinajstić information content (AvgIpc) is 2.84. The molecule has 0 aliphatic carbocycles. The molecule has 2 aromatic rings. The first-order chi connectivity index (χ1) is 9.08. The zero-order valence-corrected chi connectivity index (χ0v) is 10.2. The zero-order chi connectivity index (χ0) is 13.8. The topological polar surface area (TPSA) is 118 Å². The van der Waals surface area contributed by atoms with Crippen molar-refractivity contribution in [3.8, 4) is 5.69 Å². The summed E-state index contributed by atoms with van der Waals surface area (Å²) in [6.45, 7) is 0. The van der Waals surface area contributed by atoms with Gasteiger partial charge in [0.15, 0.2) is 0 Å². The van der Waals surface area contributed by atoms with Crippen LogP contribution in [0.2, 0.25) is 0 Å². The van der Waals surface area contributed by atoms with E-state index in [-0.39, 0.29) is 11.3 Å². The number of aliphatic carboxylic acids is 1. The molecule has 98 valence electrons.